The Labute approximate surface area is 370 Å². The van der Waals surface area contributed by atoms with E-state index in [-0.39, 0.29) is 25.1 Å². The van der Waals surface area contributed by atoms with Crippen molar-refractivity contribution < 1.29 is 58.0 Å². The molecule has 3 aromatic rings. The Hall–Kier alpha value is -4.03. The van der Waals surface area contributed by atoms with Gasteiger partial charge in [-0.3, -0.25) is 4.90 Å². The van der Waals surface area contributed by atoms with Gasteiger partial charge >= 0.3 is 6.09 Å². The topological polar surface area (TPSA) is 167 Å². The first-order valence-electron chi connectivity index (χ1n) is 22.4. The molecule has 2 aliphatic carbocycles. The Morgan fingerprint density at radius 3 is 2.16 bits per heavy atom. The Bertz CT molecular complexity index is 1870. The highest BCUT2D eigenvalue weighted by Crippen LogP contribution is 2.49. The molecule has 1 amide bonds. The molecule has 9 atom stereocenters. The first-order valence-corrected chi connectivity index (χ1v) is 22.4. The monoisotopic (exact) mass is 872 g/mol. The zero-order valence-corrected chi connectivity index (χ0v) is 36.0. The number of carbonyl (C=O) groups is 1. The van der Waals surface area contributed by atoms with E-state index in [0.29, 0.717) is 97.7 Å². The number of alkyl carbamates (subject to hydrolysis) is 1. The number of rotatable bonds is 24. The summed E-state index contributed by atoms with van der Waals surface area (Å²) in [6.07, 6.45) is 3.33. The van der Waals surface area contributed by atoms with Gasteiger partial charge in [0.2, 0.25) is 0 Å². The van der Waals surface area contributed by atoms with Crippen molar-refractivity contribution in [1.29, 1.82) is 0 Å². The van der Waals surface area contributed by atoms with E-state index in [9.17, 15) is 20.1 Å². The maximum atomic E-state index is 12.5. The average molecular weight is 873 g/mol. The number of aliphatic hydroxyl groups is 3. The lowest BCUT2D eigenvalue weighted by Crippen LogP contribution is -2.49. The van der Waals surface area contributed by atoms with E-state index in [1.165, 1.54) is 16.7 Å². The number of benzene rings is 3. The van der Waals surface area contributed by atoms with Crippen LogP contribution in [0.1, 0.15) is 66.4 Å². The van der Waals surface area contributed by atoms with Gasteiger partial charge in [0.15, 0.2) is 12.6 Å². The van der Waals surface area contributed by atoms with Crippen LogP contribution in [0.15, 0.2) is 103 Å². The van der Waals surface area contributed by atoms with E-state index in [0.717, 1.165) is 17.5 Å². The molecule has 342 valence electrons. The van der Waals surface area contributed by atoms with E-state index < -0.39 is 43.1 Å². The average Bonchev–Trinajstić information content (AvgIpc) is 3.64. The minimum atomic E-state index is -1.17. The molecule has 2 heterocycles. The lowest BCUT2D eigenvalue weighted by Gasteiger charge is -2.36. The number of hydrogen-bond donors (Lipinski definition) is 4. The number of nitrogens with zero attached hydrogens (tertiary/aromatic N) is 1. The molecule has 0 aromatic heterocycles. The maximum absolute atomic E-state index is 12.5. The lowest BCUT2D eigenvalue weighted by molar-refractivity contribution is -0.247. The summed E-state index contributed by atoms with van der Waals surface area (Å²) in [5, 5.41) is 36.6. The highest BCUT2D eigenvalue weighted by Gasteiger charge is 2.37. The van der Waals surface area contributed by atoms with Gasteiger partial charge in [-0.05, 0) is 41.9 Å². The van der Waals surface area contributed by atoms with Gasteiger partial charge in [0, 0.05) is 49.6 Å². The van der Waals surface area contributed by atoms with Crippen LogP contribution in [0.2, 0.25) is 0 Å². The van der Waals surface area contributed by atoms with Crippen molar-refractivity contribution in [1.82, 2.24) is 10.2 Å². The largest absolute Gasteiger partial charge is 0.449 e. The number of amides is 1. The van der Waals surface area contributed by atoms with Crippen LogP contribution in [-0.4, -0.2) is 142 Å². The van der Waals surface area contributed by atoms with Gasteiger partial charge in [-0.1, -0.05) is 103 Å². The predicted octanol–water partition coefficient (Wildman–Crippen LogP) is 5.30. The third kappa shape index (κ3) is 14.0. The molecule has 4 aliphatic rings. The van der Waals surface area contributed by atoms with E-state index in [4.69, 9.17) is 37.9 Å². The Morgan fingerprint density at radius 2 is 1.41 bits per heavy atom. The number of carbonyl (C=O) groups excluding carboxylic acids is 1. The molecule has 0 radical (unpaired) electrons. The fourth-order valence-electron chi connectivity index (χ4n) is 8.70. The molecule has 4 unspecified atom stereocenters. The van der Waals surface area contributed by atoms with Crippen molar-refractivity contribution >= 4 is 11.7 Å². The molecule has 7 rings (SSSR count). The third-order valence-corrected chi connectivity index (χ3v) is 11.9. The SMILES string of the molecule is O=C(NCCOCCOCCOCCN(C[C@H](O)C[C@H]1CCOC(c2ccccc2)O1)C[C@H](O)[C@@H](O)[C@H]1CCOC(c2ccccc2)O1)OCC1c2ccccc2C2=CC=CCC21. The fourth-order valence-corrected chi connectivity index (χ4v) is 8.70. The molecule has 14 nitrogen and oxygen atoms in total. The number of hydrogen-bond acceptors (Lipinski definition) is 13. The van der Waals surface area contributed by atoms with Crippen molar-refractivity contribution in [2.24, 2.45) is 5.92 Å². The molecule has 63 heavy (non-hydrogen) atoms. The summed E-state index contributed by atoms with van der Waals surface area (Å²) < 4.78 is 46.8. The predicted molar refractivity (Wildman–Crippen MR) is 235 cm³/mol. The number of allylic oxidation sites excluding steroid dienone is 4. The van der Waals surface area contributed by atoms with Crippen LogP contribution >= 0.6 is 0 Å². The summed E-state index contributed by atoms with van der Waals surface area (Å²) >= 11 is 0. The summed E-state index contributed by atoms with van der Waals surface area (Å²) in [6, 6.07) is 27.6. The van der Waals surface area contributed by atoms with Crippen LogP contribution in [0.3, 0.4) is 0 Å². The molecule has 0 spiro atoms. The number of aliphatic hydroxyl groups excluding tert-OH is 3. The van der Waals surface area contributed by atoms with Gasteiger partial charge in [-0.25, -0.2) is 4.79 Å². The van der Waals surface area contributed by atoms with Gasteiger partial charge < -0.3 is 58.5 Å². The molecular weight excluding hydrogens is 809 g/mol. The standard InChI is InChI=1S/C49H64N2O12/c52-37(31-38-19-23-59-47(62-38)35-11-3-1-4-12-35)32-51(33-44(53)46(54)45-20-24-60-48(63-45)36-13-5-2-6-14-36)22-26-57-28-30-58-29-27-56-25-21-50-49(55)61-34-43-41-17-9-7-15-39(41)40-16-8-10-18-42(40)43/h1-17,37-38,42-48,52-54H,18-34H2,(H,50,55)/t37-,38-,42?,43?,44+,45-,46-,47?,48?/m1/s1. The second kappa shape index (κ2) is 24.9. The zero-order valence-electron chi connectivity index (χ0n) is 36.0. The smallest absolute Gasteiger partial charge is 0.407 e. The fraction of sp³-hybridized carbons (Fsp3) is 0.531. The second-order valence-corrected chi connectivity index (χ2v) is 16.4. The van der Waals surface area contributed by atoms with E-state index in [2.05, 4.69) is 41.7 Å². The highest BCUT2D eigenvalue weighted by molar-refractivity contribution is 5.78. The Kier molecular flexibility index (Phi) is 18.5. The van der Waals surface area contributed by atoms with E-state index in [1.54, 1.807) is 0 Å². The summed E-state index contributed by atoms with van der Waals surface area (Å²) in [7, 11) is 0. The summed E-state index contributed by atoms with van der Waals surface area (Å²) in [5.41, 5.74) is 5.57. The van der Waals surface area contributed by atoms with E-state index in [1.807, 2.05) is 71.6 Å². The van der Waals surface area contributed by atoms with Crippen molar-refractivity contribution in [2.75, 3.05) is 85.6 Å². The number of fused-ring (bicyclic) bond motifs is 3. The normalized spacial score (nSPS) is 24.5. The second-order valence-electron chi connectivity index (χ2n) is 16.4. The molecule has 0 bridgehead atoms. The number of nitrogens with one attached hydrogen (secondary N) is 1. The first-order chi connectivity index (χ1) is 30.9. The van der Waals surface area contributed by atoms with Crippen LogP contribution < -0.4 is 5.32 Å². The maximum Gasteiger partial charge on any atom is 0.407 e. The van der Waals surface area contributed by atoms with Crippen LogP contribution in [0.4, 0.5) is 4.79 Å². The summed E-state index contributed by atoms with van der Waals surface area (Å²) in [6.45, 7) is 4.31. The third-order valence-electron chi connectivity index (χ3n) is 11.9. The van der Waals surface area contributed by atoms with Crippen molar-refractivity contribution in [3.8, 4) is 0 Å². The Morgan fingerprint density at radius 1 is 0.762 bits per heavy atom. The molecule has 14 heteroatoms. The van der Waals surface area contributed by atoms with E-state index >= 15 is 0 Å². The van der Waals surface area contributed by atoms with Crippen LogP contribution in [0, 0.1) is 5.92 Å². The van der Waals surface area contributed by atoms with Crippen LogP contribution in [0.5, 0.6) is 0 Å². The van der Waals surface area contributed by atoms with Gasteiger partial charge in [0.05, 0.1) is 77.3 Å². The molecule has 4 N–H and O–H groups in total. The summed E-state index contributed by atoms with van der Waals surface area (Å²) in [5.74, 6) is 0.468. The molecular formula is C49H64N2O12. The first kappa shape index (κ1) is 46.9. The van der Waals surface area contributed by atoms with Crippen molar-refractivity contribution in [3.63, 3.8) is 0 Å². The highest BCUT2D eigenvalue weighted by atomic mass is 16.7. The van der Waals surface area contributed by atoms with Gasteiger partial charge in [0.25, 0.3) is 0 Å². The molecule has 0 saturated carbocycles. The molecule has 2 saturated heterocycles. The molecule has 3 aromatic carbocycles. The Balaban J connectivity index is 0.781. The van der Waals surface area contributed by atoms with Crippen LogP contribution in [0.25, 0.3) is 5.57 Å². The lowest BCUT2D eigenvalue weighted by atomic mass is 9.86. The van der Waals surface area contributed by atoms with Gasteiger partial charge in [0.1, 0.15) is 12.7 Å². The minimum Gasteiger partial charge on any atom is -0.449 e. The minimum absolute atomic E-state index is 0.0891. The molecule has 2 aliphatic heterocycles. The van der Waals surface area contributed by atoms with Crippen LogP contribution in [-0.2, 0) is 37.9 Å². The number of ether oxygens (including phenoxy) is 8. The van der Waals surface area contributed by atoms with Crippen molar-refractivity contribution in [2.45, 2.75) is 74.7 Å². The summed E-state index contributed by atoms with van der Waals surface area (Å²) in [4.78, 5) is 14.4. The van der Waals surface area contributed by atoms with Crippen molar-refractivity contribution in [3.05, 3.63) is 125 Å². The van der Waals surface area contributed by atoms with Gasteiger partial charge in [-0.15, -0.1) is 0 Å². The molecule has 2 fully saturated rings. The quantitative estimate of drug-likeness (QED) is 0.0858. The zero-order chi connectivity index (χ0) is 43.6. The van der Waals surface area contributed by atoms with Gasteiger partial charge in [-0.2, -0.15) is 0 Å².